The largest absolute Gasteiger partial charge is 0.337 e. The number of hydrogen-bond acceptors (Lipinski definition) is 3. The molecule has 0 spiro atoms. The van der Waals surface area contributed by atoms with Crippen LogP contribution in [0, 0.1) is 0 Å². The first kappa shape index (κ1) is 17.5. The van der Waals surface area contributed by atoms with Crippen molar-refractivity contribution in [3.63, 3.8) is 0 Å². The summed E-state index contributed by atoms with van der Waals surface area (Å²) in [5.41, 5.74) is 1.59. The van der Waals surface area contributed by atoms with Gasteiger partial charge in [-0.3, -0.25) is 9.10 Å². The van der Waals surface area contributed by atoms with E-state index in [2.05, 4.69) is 0 Å². The first-order valence-electron chi connectivity index (χ1n) is 8.88. The van der Waals surface area contributed by atoms with Crippen molar-refractivity contribution in [3.8, 4) is 0 Å². The fourth-order valence-electron chi connectivity index (χ4n) is 3.53. The van der Waals surface area contributed by atoms with Crippen molar-refractivity contribution in [2.45, 2.75) is 18.4 Å². The summed E-state index contributed by atoms with van der Waals surface area (Å²) in [6.07, 6.45) is 0. The van der Waals surface area contributed by atoms with Gasteiger partial charge in [0, 0.05) is 18.5 Å². The van der Waals surface area contributed by atoms with E-state index < -0.39 is 10.0 Å². The minimum absolute atomic E-state index is 0.198. The van der Waals surface area contributed by atoms with Crippen LogP contribution in [0.2, 0.25) is 0 Å². The highest BCUT2D eigenvalue weighted by Gasteiger charge is 2.37. The van der Waals surface area contributed by atoms with Crippen molar-refractivity contribution < 1.29 is 13.2 Å². The lowest BCUT2D eigenvalue weighted by Crippen LogP contribution is -2.41. The van der Waals surface area contributed by atoms with Crippen molar-refractivity contribution in [1.82, 2.24) is 4.90 Å². The van der Waals surface area contributed by atoms with E-state index in [1.54, 1.807) is 23.1 Å². The smallest absolute Gasteiger partial charge is 0.265 e. The molecule has 0 atom stereocenters. The minimum atomic E-state index is -3.72. The average Bonchev–Trinajstić information content (AvgIpc) is 2.90. The first-order chi connectivity index (χ1) is 13.0. The van der Waals surface area contributed by atoms with Crippen molar-refractivity contribution >= 4 is 32.4 Å². The molecule has 1 aliphatic rings. The van der Waals surface area contributed by atoms with Gasteiger partial charge in [-0.05, 0) is 30.0 Å². The van der Waals surface area contributed by atoms with Gasteiger partial charge in [-0.1, -0.05) is 54.6 Å². The van der Waals surface area contributed by atoms with Crippen LogP contribution in [0.1, 0.15) is 12.5 Å². The normalized spacial score (nSPS) is 14.5. The van der Waals surface area contributed by atoms with Crippen LogP contribution in [0.5, 0.6) is 0 Å². The molecule has 3 aromatic carbocycles. The molecule has 0 saturated carbocycles. The molecule has 0 aliphatic carbocycles. The predicted octanol–water partition coefficient (Wildman–Crippen LogP) is 3.40. The van der Waals surface area contributed by atoms with Crippen molar-refractivity contribution in [2.24, 2.45) is 0 Å². The first-order valence-corrected chi connectivity index (χ1v) is 10.3. The Morgan fingerprint density at radius 3 is 2.37 bits per heavy atom. The van der Waals surface area contributed by atoms with E-state index in [0.29, 0.717) is 24.2 Å². The van der Waals surface area contributed by atoms with Crippen LogP contribution in [0.25, 0.3) is 10.8 Å². The SMILES string of the molecule is CCN(Cc1ccccc1)C(=O)CN1c2cccc3cccc(c23)S1(=O)=O. The molecule has 3 aromatic rings. The number of amides is 1. The Labute approximate surface area is 158 Å². The maximum Gasteiger partial charge on any atom is 0.265 e. The molecular weight excluding hydrogens is 360 g/mol. The van der Waals surface area contributed by atoms with Crippen molar-refractivity contribution in [1.29, 1.82) is 0 Å². The van der Waals surface area contributed by atoms with Crippen LogP contribution in [-0.2, 0) is 21.4 Å². The molecule has 0 aromatic heterocycles. The van der Waals surface area contributed by atoms with E-state index in [1.165, 1.54) is 4.31 Å². The molecule has 138 valence electrons. The zero-order valence-corrected chi connectivity index (χ0v) is 15.8. The summed E-state index contributed by atoms with van der Waals surface area (Å²) >= 11 is 0. The molecule has 0 saturated heterocycles. The standard InChI is InChI=1S/C21H20N2O3S/c1-2-22(14-16-8-4-3-5-9-16)20(24)15-23-18-12-6-10-17-11-7-13-19(21(17)18)27(23,25)26/h3-13H,2,14-15H2,1H3. The number of benzene rings is 3. The summed E-state index contributed by atoms with van der Waals surface area (Å²) in [5, 5.41) is 1.55. The Morgan fingerprint density at radius 2 is 1.67 bits per heavy atom. The van der Waals surface area contributed by atoms with Gasteiger partial charge >= 0.3 is 0 Å². The fourth-order valence-corrected chi connectivity index (χ4v) is 5.19. The van der Waals surface area contributed by atoms with Gasteiger partial charge < -0.3 is 4.90 Å². The molecule has 0 radical (unpaired) electrons. The highest BCUT2D eigenvalue weighted by atomic mass is 32.2. The molecular formula is C21H20N2O3S. The van der Waals surface area contributed by atoms with Gasteiger partial charge in [-0.2, -0.15) is 0 Å². The number of anilines is 1. The number of likely N-dealkylation sites (N-methyl/N-ethyl adjacent to an activating group) is 1. The molecule has 0 unspecified atom stereocenters. The summed E-state index contributed by atoms with van der Waals surface area (Å²) < 4.78 is 27.3. The Balaban J connectivity index is 1.64. The number of hydrogen-bond donors (Lipinski definition) is 0. The van der Waals surface area contributed by atoms with E-state index in [4.69, 9.17) is 0 Å². The lowest BCUT2D eigenvalue weighted by Gasteiger charge is -2.25. The van der Waals surface area contributed by atoms with Gasteiger partial charge in [0.25, 0.3) is 10.0 Å². The molecule has 4 rings (SSSR count). The Kier molecular flexibility index (Phi) is 4.36. The maximum atomic E-state index is 13.0. The van der Waals surface area contributed by atoms with Crippen molar-refractivity contribution in [2.75, 3.05) is 17.4 Å². The van der Waals surface area contributed by atoms with E-state index >= 15 is 0 Å². The molecule has 0 bridgehead atoms. The molecule has 1 amide bonds. The highest BCUT2D eigenvalue weighted by Crippen LogP contribution is 2.41. The second-order valence-corrected chi connectivity index (χ2v) is 8.37. The summed E-state index contributed by atoms with van der Waals surface area (Å²) in [6, 6.07) is 20.4. The van der Waals surface area contributed by atoms with E-state index in [1.807, 2.05) is 55.5 Å². The highest BCUT2D eigenvalue weighted by molar-refractivity contribution is 7.93. The van der Waals surface area contributed by atoms with E-state index in [-0.39, 0.29) is 17.3 Å². The van der Waals surface area contributed by atoms with E-state index in [9.17, 15) is 13.2 Å². The van der Waals surface area contributed by atoms with Gasteiger partial charge in [0.15, 0.2) is 0 Å². The molecule has 27 heavy (non-hydrogen) atoms. The lowest BCUT2D eigenvalue weighted by atomic mass is 10.1. The van der Waals surface area contributed by atoms with Crippen LogP contribution in [0.4, 0.5) is 5.69 Å². The summed E-state index contributed by atoms with van der Waals surface area (Å²) in [7, 11) is -3.72. The number of rotatable bonds is 5. The van der Waals surface area contributed by atoms with Crippen LogP contribution in [0.15, 0.2) is 71.6 Å². The average molecular weight is 380 g/mol. The minimum Gasteiger partial charge on any atom is -0.337 e. The zero-order valence-electron chi connectivity index (χ0n) is 15.0. The second kappa shape index (κ2) is 6.70. The monoisotopic (exact) mass is 380 g/mol. The summed E-state index contributed by atoms with van der Waals surface area (Å²) in [5.74, 6) is -0.213. The number of carbonyl (C=O) groups excluding carboxylic acids is 1. The zero-order chi connectivity index (χ0) is 19.0. The molecule has 5 nitrogen and oxygen atoms in total. The van der Waals surface area contributed by atoms with Crippen LogP contribution in [0.3, 0.4) is 0 Å². The van der Waals surface area contributed by atoms with E-state index in [0.717, 1.165) is 10.9 Å². The molecule has 0 N–H and O–H groups in total. The van der Waals surface area contributed by atoms with Gasteiger partial charge in [0.2, 0.25) is 5.91 Å². The molecule has 6 heteroatoms. The number of carbonyl (C=O) groups is 1. The number of sulfonamides is 1. The molecule has 0 fully saturated rings. The Morgan fingerprint density at radius 1 is 0.963 bits per heavy atom. The van der Waals surface area contributed by atoms with Crippen LogP contribution < -0.4 is 4.31 Å². The van der Waals surface area contributed by atoms with Crippen LogP contribution in [-0.4, -0.2) is 32.3 Å². The third-order valence-corrected chi connectivity index (χ3v) is 6.71. The topological polar surface area (TPSA) is 57.7 Å². The van der Waals surface area contributed by atoms with Gasteiger partial charge in [0.05, 0.1) is 10.6 Å². The van der Waals surface area contributed by atoms with Gasteiger partial charge in [-0.15, -0.1) is 0 Å². The molecule has 1 heterocycles. The van der Waals surface area contributed by atoms with Crippen LogP contribution >= 0.6 is 0 Å². The van der Waals surface area contributed by atoms with Gasteiger partial charge in [0.1, 0.15) is 6.54 Å². The molecule has 1 aliphatic heterocycles. The Bertz CT molecular complexity index is 1110. The number of nitrogens with zero attached hydrogens (tertiary/aromatic N) is 2. The lowest BCUT2D eigenvalue weighted by molar-refractivity contribution is -0.129. The Hall–Kier alpha value is -2.86. The summed E-state index contributed by atoms with van der Waals surface area (Å²) in [6.45, 7) is 2.67. The quantitative estimate of drug-likeness (QED) is 0.682. The second-order valence-electron chi connectivity index (χ2n) is 6.54. The third-order valence-electron chi connectivity index (χ3n) is 4.91. The maximum absolute atomic E-state index is 13.0. The third kappa shape index (κ3) is 2.96. The summed E-state index contributed by atoms with van der Waals surface area (Å²) in [4.78, 5) is 14.9. The predicted molar refractivity (Wildman–Crippen MR) is 106 cm³/mol. The fraction of sp³-hybridized carbons (Fsp3) is 0.190. The van der Waals surface area contributed by atoms with Gasteiger partial charge in [-0.25, -0.2) is 8.42 Å². The van der Waals surface area contributed by atoms with Crippen molar-refractivity contribution in [3.05, 3.63) is 72.3 Å².